The van der Waals surface area contributed by atoms with E-state index in [0.29, 0.717) is 0 Å². The highest BCUT2D eigenvalue weighted by Gasteiger charge is 2.33. The molecular formula is C8H4BrClF3NO3. The lowest BCUT2D eigenvalue weighted by Gasteiger charge is -2.12. The number of methoxy groups -OCH3 is 1. The van der Waals surface area contributed by atoms with Crippen molar-refractivity contribution in [2.75, 3.05) is 7.11 Å². The van der Waals surface area contributed by atoms with Gasteiger partial charge in [0, 0.05) is 0 Å². The maximum atomic E-state index is 12.0. The Morgan fingerprint density at radius 2 is 2.12 bits per heavy atom. The second-order valence-corrected chi connectivity index (χ2v) is 3.79. The number of alkyl halides is 3. The van der Waals surface area contributed by atoms with Gasteiger partial charge in [-0.15, -0.1) is 13.2 Å². The van der Waals surface area contributed by atoms with Crippen molar-refractivity contribution in [2.24, 2.45) is 0 Å². The third kappa shape index (κ3) is 3.47. The first-order valence-electron chi connectivity index (χ1n) is 3.94. The number of aromatic nitrogens is 1. The normalized spacial score (nSPS) is 11.2. The molecule has 0 aliphatic rings. The van der Waals surface area contributed by atoms with Gasteiger partial charge in [-0.1, -0.05) is 11.6 Å². The highest BCUT2D eigenvalue weighted by molar-refractivity contribution is 9.10. The molecule has 0 aromatic carbocycles. The Kier molecular flexibility index (Phi) is 4.21. The molecule has 0 bridgehead atoms. The van der Waals surface area contributed by atoms with Gasteiger partial charge in [0.05, 0.1) is 17.8 Å². The third-order valence-electron chi connectivity index (χ3n) is 1.55. The lowest BCUT2D eigenvalue weighted by Crippen LogP contribution is -2.18. The van der Waals surface area contributed by atoms with Crippen LogP contribution >= 0.6 is 27.5 Å². The van der Waals surface area contributed by atoms with Crippen LogP contribution in [0.5, 0.6) is 5.75 Å². The van der Waals surface area contributed by atoms with E-state index in [0.717, 1.165) is 13.3 Å². The van der Waals surface area contributed by atoms with E-state index >= 15 is 0 Å². The smallest absolute Gasteiger partial charge is 0.465 e. The maximum absolute atomic E-state index is 12.0. The molecule has 17 heavy (non-hydrogen) atoms. The molecule has 0 atom stereocenters. The largest absolute Gasteiger partial charge is 0.573 e. The topological polar surface area (TPSA) is 48.4 Å². The second kappa shape index (κ2) is 5.09. The molecule has 0 spiro atoms. The molecule has 9 heteroatoms. The van der Waals surface area contributed by atoms with Crippen molar-refractivity contribution in [1.29, 1.82) is 0 Å². The van der Waals surface area contributed by atoms with Gasteiger partial charge in [0.15, 0.2) is 5.75 Å². The van der Waals surface area contributed by atoms with Crippen LogP contribution in [0.4, 0.5) is 13.2 Å². The minimum atomic E-state index is -4.90. The highest BCUT2D eigenvalue weighted by Crippen LogP contribution is 2.35. The summed E-state index contributed by atoms with van der Waals surface area (Å²) in [6.07, 6.45) is -4.15. The molecule has 0 aliphatic heterocycles. The van der Waals surface area contributed by atoms with Gasteiger partial charge in [-0.2, -0.15) is 0 Å². The molecule has 0 fully saturated rings. The fraction of sp³-hybridized carbons (Fsp3) is 0.250. The number of carbonyl (C=O) groups is 1. The van der Waals surface area contributed by atoms with Crippen molar-refractivity contribution in [2.45, 2.75) is 6.36 Å². The van der Waals surface area contributed by atoms with Gasteiger partial charge < -0.3 is 9.47 Å². The Hall–Kier alpha value is -1.02. The van der Waals surface area contributed by atoms with Crippen molar-refractivity contribution in [1.82, 2.24) is 4.98 Å². The molecule has 1 aromatic rings. The van der Waals surface area contributed by atoms with E-state index in [2.05, 4.69) is 30.4 Å². The summed E-state index contributed by atoms with van der Waals surface area (Å²) in [5.41, 5.74) is -0.337. The fourth-order valence-electron chi connectivity index (χ4n) is 0.922. The maximum Gasteiger partial charge on any atom is 0.573 e. The SMILES string of the molecule is COC(=O)c1c(Cl)ncc(OC(F)(F)F)c1Br. The number of esters is 1. The van der Waals surface area contributed by atoms with Crippen molar-refractivity contribution >= 4 is 33.5 Å². The first-order chi connectivity index (χ1) is 7.76. The number of hydrogen-bond donors (Lipinski definition) is 0. The molecule has 0 radical (unpaired) electrons. The van der Waals surface area contributed by atoms with E-state index < -0.39 is 18.1 Å². The van der Waals surface area contributed by atoms with Gasteiger partial charge in [0.25, 0.3) is 0 Å². The summed E-state index contributed by atoms with van der Waals surface area (Å²) in [4.78, 5) is 14.7. The van der Waals surface area contributed by atoms with Gasteiger partial charge in [-0.05, 0) is 15.9 Å². The van der Waals surface area contributed by atoms with Crippen molar-refractivity contribution < 1.29 is 27.4 Å². The zero-order valence-electron chi connectivity index (χ0n) is 8.14. The number of ether oxygens (including phenoxy) is 2. The molecular weight excluding hydrogens is 330 g/mol. The van der Waals surface area contributed by atoms with Crippen LogP contribution in [0.2, 0.25) is 5.15 Å². The van der Waals surface area contributed by atoms with Crippen LogP contribution in [0, 0.1) is 0 Å². The monoisotopic (exact) mass is 333 g/mol. The molecule has 1 heterocycles. The van der Waals surface area contributed by atoms with Gasteiger partial charge in [0.1, 0.15) is 10.7 Å². The summed E-state index contributed by atoms with van der Waals surface area (Å²) >= 11 is 8.34. The van der Waals surface area contributed by atoms with E-state index in [1.54, 1.807) is 0 Å². The summed E-state index contributed by atoms with van der Waals surface area (Å²) < 4.78 is 43.8. The van der Waals surface area contributed by atoms with Crippen molar-refractivity contribution in [3.63, 3.8) is 0 Å². The Labute approximate surface area is 107 Å². The Morgan fingerprint density at radius 3 is 2.59 bits per heavy atom. The quantitative estimate of drug-likeness (QED) is 0.616. The first-order valence-corrected chi connectivity index (χ1v) is 5.11. The predicted octanol–water partition coefficient (Wildman–Crippen LogP) is 3.18. The van der Waals surface area contributed by atoms with Gasteiger partial charge in [0.2, 0.25) is 0 Å². The number of pyridine rings is 1. The molecule has 94 valence electrons. The average molecular weight is 334 g/mol. The van der Waals surface area contributed by atoms with E-state index in [1.165, 1.54) is 0 Å². The molecule has 0 amide bonds. The van der Waals surface area contributed by atoms with E-state index in [9.17, 15) is 18.0 Å². The molecule has 4 nitrogen and oxygen atoms in total. The second-order valence-electron chi connectivity index (χ2n) is 2.64. The zero-order chi connectivity index (χ0) is 13.2. The molecule has 1 aromatic heterocycles. The van der Waals surface area contributed by atoms with Crippen LogP contribution in [-0.2, 0) is 4.74 Å². The summed E-state index contributed by atoms with van der Waals surface area (Å²) in [6, 6.07) is 0. The number of rotatable bonds is 2. The molecule has 0 aliphatic carbocycles. The number of carbonyl (C=O) groups excluding carboxylic acids is 1. The van der Waals surface area contributed by atoms with Crippen LogP contribution in [0.3, 0.4) is 0 Å². The molecule has 0 saturated heterocycles. The standard InChI is InChI=1S/C8H4BrClF3NO3/c1-16-7(15)4-5(9)3(2-14-6(4)10)17-8(11,12)13/h2H,1H3. The minimum absolute atomic E-state index is 0.276. The molecule has 1 rings (SSSR count). The third-order valence-corrected chi connectivity index (χ3v) is 2.63. The van der Waals surface area contributed by atoms with Gasteiger partial charge in [-0.25, -0.2) is 9.78 Å². The minimum Gasteiger partial charge on any atom is -0.465 e. The van der Waals surface area contributed by atoms with Crippen LogP contribution in [-0.4, -0.2) is 24.4 Å². The number of halogens is 5. The highest BCUT2D eigenvalue weighted by atomic mass is 79.9. The van der Waals surface area contributed by atoms with Gasteiger partial charge in [-0.3, -0.25) is 0 Å². The van der Waals surface area contributed by atoms with Crippen molar-refractivity contribution in [3.05, 3.63) is 21.4 Å². The Bertz CT molecular complexity index is 452. The lowest BCUT2D eigenvalue weighted by atomic mass is 10.3. The van der Waals surface area contributed by atoms with Crippen LogP contribution in [0.25, 0.3) is 0 Å². The Balaban J connectivity index is 3.24. The van der Waals surface area contributed by atoms with Crippen LogP contribution in [0.15, 0.2) is 10.7 Å². The predicted molar refractivity (Wildman–Crippen MR) is 55.0 cm³/mol. The summed E-state index contributed by atoms with van der Waals surface area (Å²) in [5, 5.41) is -0.293. The number of nitrogens with zero attached hydrogens (tertiary/aromatic N) is 1. The molecule has 0 saturated carbocycles. The van der Waals surface area contributed by atoms with E-state index in [4.69, 9.17) is 11.6 Å². The summed E-state index contributed by atoms with van der Waals surface area (Å²) in [7, 11) is 1.06. The van der Waals surface area contributed by atoms with E-state index in [1.807, 2.05) is 0 Å². The first kappa shape index (κ1) is 14.0. The van der Waals surface area contributed by atoms with E-state index in [-0.39, 0.29) is 15.2 Å². The number of hydrogen-bond acceptors (Lipinski definition) is 4. The summed E-state index contributed by atoms with van der Waals surface area (Å²) in [6.45, 7) is 0. The molecule has 0 unspecified atom stereocenters. The lowest BCUT2D eigenvalue weighted by molar-refractivity contribution is -0.275. The Morgan fingerprint density at radius 1 is 1.53 bits per heavy atom. The summed E-state index contributed by atoms with van der Waals surface area (Å²) in [5.74, 6) is -1.61. The van der Waals surface area contributed by atoms with Crippen LogP contribution < -0.4 is 4.74 Å². The fourth-order valence-corrected chi connectivity index (χ4v) is 1.79. The van der Waals surface area contributed by atoms with Crippen molar-refractivity contribution in [3.8, 4) is 5.75 Å². The zero-order valence-corrected chi connectivity index (χ0v) is 10.5. The molecule has 0 N–H and O–H groups in total. The van der Waals surface area contributed by atoms with Crippen LogP contribution in [0.1, 0.15) is 10.4 Å². The average Bonchev–Trinajstić information content (AvgIpc) is 2.20. The van der Waals surface area contributed by atoms with Gasteiger partial charge >= 0.3 is 12.3 Å².